The molecule has 1 aliphatic carbocycles. The number of imidazole rings is 1. The third-order valence-electron chi connectivity index (χ3n) is 5.57. The van der Waals surface area contributed by atoms with E-state index in [2.05, 4.69) is 4.98 Å². The van der Waals surface area contributed by atoms with Crippen LogP contribution in [-0.2, 0) is 4.79 Å². The summed E-state index contributed by atoms with van der Waals surface area (Å²) < 4.78 is 1.53. The zero-order valence-corrected chi connectivity index (χ0v) is 15.5. The van der Waals surface area contributed by atoms with Gasteiger partial charge in [-0.05, 0) is 17.3 Å². The molecule has 2 aliphatic rings. The lowest BCUT2D eigenvalue weighted by atomic mass is 10.0. The van der Waals surface area contributed by atoms with E-state index in [1.54, 1.807) is 11.6 Å². The quantitative estimate of drug-likeness (QED) is 0.591. The number of hydrogen-bond donors (Lipinski definition) is 0. The van der Waals surface area contributed by atoms with Crippen LogP contribution in [0.1, 0.15) is 38.5 Å². The van der Waals surface area contributed by atoms with Crippen molar-refractivity contribution in [1.82, 2.24) is 14.3 Å². The van der Waals surface area contributed by atoms with Gasteiger partial charge >= 0.3 is 5.82 Å². The predicted octanol–water partition coefficient (Wildman–Crippen LogP) is 2.92. The fraction of sp³-hybridized carbons (Fsp3) is 0.647. The van der Waals surface area contributed by atoms with Gasteiger partial charge in [0.1, 0.15) is 6.20 Å². The molecule has 1 saturated carbocycles. The fourth-order valence-corrected chi connectivity index (χ4v) is 4.80. The number of nitrogens with zero attached hydrogens (tertiary/aromatic N) is 5. The van der Waals surface area contributed by atoms with E-state index in [0.717, 1.165) is 12.3 Å². The summed E-state index contributed by atoms with van der Waals surface area (Å²) in [5.41, 5.74) is 0. The first kappa shape index (κ1) is 17.3. The number of carbonyl (C=O) groups is 1. The summed E-state index contributed by atoms with van der Waals surface area (Å²) in [6.07, 6.45) is 8.45. The lowest BCUT2D eigenvalue weighted by molar-refractivity contribution is -0.389. The molecule has 8 nitrogen and oxygen atoms in total. The predicted molar refractivity (Wildman–Crippen MR) is 99.7 cm³/mol. The maximum Gasteiger partial charge on any atom is 0.373 e. The minimum Gasteiger partial charge on any atom is -0.358 e. The summed E-state index contributed by atoms with van der Waals surface area (Å²) >= 11 is 1.38. The van der Waals surface area contributed by atoms with Gasteiger partial charge in [0.2, 0.25) is 11.7 Å². The Labute approximate surface area is 155 Å². The summed E-state index contributed by atoms with van der Waals surface area (Å²) in [7, 11) is 0. The largest absolute Gasteiger partial charge is 0.373 e. The van der Waals surface area contributed by atoms with Crippen molar-refractivity contribution in [1.29, 1.82) is 0 Å². The molecule has 0 N–H and O–H groups in total. The van der Waals surface area contributed by atoms with Crippen molar-refractivity contribution in [3.63, 3.8) is 0 Å². The normalized spacial score (nSPS) is 18.8. The van der Waals surface area contributed by atoms with Gasteiger partial charge in [-0.1, -0.05) is 37.0 Å². The molecule has 4 rings (SSSR count). The molecule has 0 atom stereocenters. The molecule has 0 aromatic carbocycles. The second kappa shape index (κ2) is 7.22. The number of thiazole rings is 1. The van der Waals surface area contributed by atoms with E-state index in [1.807, 2.05) is 9.80 Å². The lowest BCUT2D eigenvalue weighted by Crippen LogP contribution is -2.49. The Hall–Kier alpha value is -2.16. The lowest BCUT2D eigenvalue weighted by Gasteiger charge is -2.34. The monoisotopic (exact) mass is 377 g/mol. The minimum absolute atomic E-state index is 0.0160. The number of anilines is 1. The number of nitro groups is 1. The van der Waals surface area contributed by atoms with Crippen LogP contribution >= 0.6 is 11.3 Å². The topological polar surface area (TPSA) is 84.0 Å². The first-order valence-electron chi connectivity index (χ1n) is 9.26. The molecule has 1 saturated heterocycles. The van der Waals surface area contributed by atoms with Gasteiger partial charge in [0.25, 0.3) is 4.96 Å². The second-order valence-corrected chi connectivity index (χ2v) is 8.00. The van der Waals surface area contributed by atoms with Crippen LogP contribution in [-0.4, -0.2) is 51.3 Å². The number of amides is 1. The van der Waals surface area contributed by atoms with Crippen molar-refractivity contribution in [3.05, 3.63) is 21.7 Å². The third-order valence-corrected chi connectivity index (χ3v) is 6.32. The molecule has 0 bridgehead atoms. The van der Waals surface area contributed by atoms with Gasteiger partial charge in [0, 0.05) is 38.0 Å². The summed E-state index contributed by atoms with van der Waals surface area (Å²) in [6, 6.07) is 0. The van der Waals surface area contributed by atoms with E-state index < -0.39 is 0 Å². The van der Waals surface area contributed by atoms with Gasteiger partial charge in [-0.3, -0.25) is 4.79 Å². The van der Waals surface area contributed by atoms with E-state index in [9.17, 15) is 14.9 Å². The SMILES string of the molecule is O=C(CCC1CCCC1)N1CCN(c2nc3sccn3c2[N+](=O)[O-])CC1. The molecule has 0 spiro atoms. The van der Waals surface area contributed by atoms with Gasteiger partial charge in [-0.2, -0.15) is 9.38 Å². The summed E-state index contributed by atoms with van der Waals surface area (Å²) in [5, 5.41) is 13.3. The molecule has 140 valence electrons. The third kappa shape index (κ3) is 3.27. The van der Waals surface area contributed by atoms with Gasteiger partial charge in [0.15, 0.2) is 0 Å². The number of aromatic nitrogens is 2. The Morgan fingerprint density at radius 1 is 1.27 bits per heavy atom. The van der Waals surface area contributed by atoms with E-state index in [0.29, 0.717) is 43.4 Å². The highest BCUT2D eigenvalue weighted by molar-refractivity contribution is 7.15. The minimum atomic E-state index is -0.374. The van der Waals surface area contributed by atoms with Crippen LogP contribution in [0.2, 0.25) is 0 Å². The van der Waals surface area contributed by atoms with Gasteiger partial charge in [0.05, 0.1) is 0 Å². The molecular weight excluding hydrogens is 354 g/mol. The average molecular weight is 377 g/mol. The number of piperazine rings is 1. The summed E-state index contributed by atoms with van der Waals surface area (Å²) in [5.74, 6) is 1.38. The average Bonchev–Trinajstić information content (AvgIpc) is 3.36. The highest BCUT2D eigenvalue weighted by Gasteiger charge is 2.31. The fourth-order valence-electron chi connectivity index (χ4n) is 4.10. The molecule has 0 radical (unpaired) electrons. The Bertz CT molecular complexity index is 803. The zero-order chi connectivity index (χ0) is 18.1. The molecule has 2 aromatic rings. The molecule has 0 unspecified atom stereocenters. The van der Waals surface area contributed by atoms with Gasteiger partial charge in [-0.15, -0.1) is 0 Å². The molecule has 3 heterocycles. The Balaban J connectivity index is 1.37. The van der Waals surface area contributed by atoms with Gasteiger partial charge in [-0.25, -0.2) is 0 Å². The second-order valence-electron chi connectivity index (χ2n) is 7.13. The van der Waals surface area contributed by atoms with E-state index >= 15 is 0 Å². The Morgan fingerprint density at radius 3 is 2.69 bits per heavy atom. The van der Waals surface area contributed by atoms with Crippen molar-refractivity contribution in [2.75, 3.05) is 31.1 Å². The van der Waals surface area contributed by atoms with Crippen LogP contribution in [0.15, 0.2) is 11.6 Å². The van der Waals surface area contributed by atoms with Crippen LogP contribution in [0.4, 0.5) is 11.6 Å². The smallest absolute Gasteiger partial charge is 0.358 e. The standard InChI is InChI=1S/C17H23N5O3S/c23-14(6-5-13-3-1-2-4-13)19-7-9-20(10-8-19)15-16(22(24)25)21-11-12-26-17(21)18-15/h11-13H,1-10H2. The molecule has 2 aromatic heterocycles. The number of fused-ring (bicyclic) bond motifs is 1. The van der Waals surface area contributed by atoms with Crippen LogP contribution in [0.25, 0.3) is 4.96 Å². The highest BCUT2D eigenvalue weighted by Crippen LogP contribution is 2.32. The molecular formula is C17H23N5O3S. The van der Waals surface area contributed by atoms with Crippen molar-refractivity contribution >= 4 is 33.8 Å². The maximum atomic E-state index is 12.5. The van der Waals surface area contributed by atoms with Crippen LogP contribution < -0.4 is 4.90 Å². The number of hydrogen-bond acceptors (Lipinski definition) is 6. The molecule has 1 amide bonds. The summed E-state index contributed by atoms with van der Waals surface area (Å²) in [6.45, 7) is 2.37. The van der Waals surface area contributed by atoms with Crippen molar-refractivity contribution < 1.29 is 9.72 Å². The van der Waals surface area contributed by atoms with Crippen molar-refractivity contribution in [2.24, 2.45) is 5.92 Å². The molecule has 2 fully saturated rings. The Morgan fingerprint density at radius 2 is 2.00 bits per heavy atom. The van der Waals surface area contributed by atoms with E-state index in [-0.39, 0.29) is 16.6 Å². The van der Waals surface area contributed by atoms with Crippen molar-refractivity contribution in [2.45, 2.75) is 38.5 Å². The van der Waals surface area contributed by atoms with Crippen LogP contribution in [0.5, 0.6) is 0 Å². The summed E-state index contributed by atoms with van der Waals surface area (Å²) in [4.78, 5) is 32.5. The first-order valence-corrected chi connectivity index (χ1v) is 10.1. The Kier molecular flexibility index (Phi) is 4.80. The van der Waals surface area contributed by atoms with Crippen LogP contribution in [0, 0.1) is 16.0 Å². The van der Waals surface area contributed by atoms with Crippen molar-refractivity contribution in [3.8, 4) is 0 Å². The van der Waals surface area contributed by atoms with E-state index in [4.69, 9.17) is 0 Å². The first-order chi connectivity index (χ1) is 12.6. The molecule has 9 heteroatoms. The van der Waals surface area contributed by atoms with E-state index in [1.165, 1.54) is 41.4 Å². The highest BCUT2D eigenvalue weighted by atomic mass is 32.1. The van der Waals surface area contributed by atoms with Crippen LogP contribution in [0.3, 0.4) is 0 Å². The molecule has 1 aliphatic heterocycles. The number of rotatable bonds is 5. The maximum absolute atomic E-state index is 12.5. The number of carbonyl (C=O) groups excluding carboxylic acids is 1. The zero-order valence-electron chi connectivity index (χ0n) is 14.7. The molecule has 26 heavy (non-hydrogen) atoms. The van der Waals surface area contributed by atoms with Gasteiger partial charge < -0.3 is 19.9 Å².